The summed E-state index contributed by atoms with van der Waals surface area (Å²) in [4.78, 5) is 14.2. The zero-order chi connectivity index (χ0) is 21.7. The fraction of sp³-hybridized carbons (Fsp3) is 0.286. The SMILES string of the molecule is COc1cc(-c2nnc(COC(=O)c3cccc(N(C)C)c3)o2)cc(OC)c1OC. The first-order valence-corrected chi connectivity index (χ1v) is 9.04. The molecule has 0 fully saturated rings. The van der Waals surface area contributed by atoms with Crippen LogP contribution in [0.4, 0.5) is 5.69 Å². The lowest BCUT2D eigenvalue weighted by atomic mass is 10.2. The van der Waals surface area contributed by atoms with Gasteiger partial charge in [0.05, 0.1) is 26.9 Å². The van der Waals surface area contributed by atoms with Gasteiger partial charge in [0.1, 0.15) is 0 Å². The molecule has 2 aromatic carbocycles. The highest BCUT2D eigenvalue weighted by atomic mass is 16.5. The zero-order valence-electron chi connectivity index (χ0n) is 17.5. The molecule has 0 saturated heterocycles. The number of hydrogen-bond acceptors (Lipinski definition) is 9. The quantitative estimate of drug-likeness (QED) is 0.516. The summed E-state index contributed by atoms with van der Waals surface area (Å²) in [6, 6.07) is 10.5. The van der Waals surface area contributed by atoms with E-state index in [1.54, 1.807) is 30.3 Å². The molecule has 30 heavy (non-hydrogen) atoms. The van der Waals surface area contributed by atoms with Crippen molar-refractivity contribution in [2.45, 2.75) is 6.61 Å². The Morgan fingerprint density at radius 1 is 1.00 bits per heavy atom. The maximum atomic E-state index is 12.3. The Morgan fingerprint density at radius 2 is 1.70 bits per heavy atom. The molecule has 3 rings (SSSR count). The van der Waals surface area contributed by atoms with Crippen LogP contribution in [0.15, 0.2) is 40.8 Å². The minimum Gasteiger partial charge on any atom is -0.493 e. The molecule has 9 nitrogen and oxygen atoms in total. The number of methoxy groups -OCH3 is 3. The van der Waals surface area contributed by atoms with Crippen molar-refractivity contribution in [1.82, 2.24) is 10.2 Å². The van der Waals surface area contributed by atoms with Crippen LogP contribution in [0.5, 0.6) is 17.2 Å². The number of nitrogens with zero attached hydrogens (tertiary/aromatic N) is 3. The third-order valence-corrected chi connectivity index (χ3v) is 4.30. The maximum Gasteiger partial charge on any atom is 0.338 e. The summed E-state index contributed by atoms with van der Waals surface area (Å²) in [5.41, 5.74) is 1.91. The van der Waals surface area contributed by atoms with Gasteiger partial charge in [0.2, 0.25) is 11.6 Å². The van der Waals surface area contributed by atoms with Crippen LogP contribution < -0.4 is 19.1 Å². The van der Waals surface area contributed by atoms with Gasteiger partial charge < -0.3 is 28.3 Å². The van der Waals surface area contributed by atoms with Crippen molar-refractivity contribution in [3.63, 3.8) is 0 Å². The van der Waals surface area contributed by atoms with Gasteiger partial charge in [-0.15, -0.1) is 10.2 Å². The fourth-order valence-corrected chi connectivity index (χ4v) is 2.75. The highest BCUT2D eigenvalue weighted by Gasteiger charge is 2.18. The lowest BCUT2D eigenvalue weighted by Crippen LogP contribution is -2.11. The van der Waals surface area contributed by atoms with Crippen LogP contribution in [0.3, 0.4) is 0 Å². The zero-order valence-corrected chi connectivity index (χ0v) is 17.5. The number of benzene rings is 2. The Balaban J connectivity index is 1.74. The van der Waals surface area contributed by atoms with Gasteiger partial charge in [0.25, 0.3) is 5.89 Å². The van der Waals surface area contributed by atoms with Crippen LogP contribution in [-0.4, -0.2) is 51.6 Å². The summed E-state index contributed by atoms with van der Waals surface area (Å²) >= 11 is 0. The Morgan fingerprint density at radius 3 is 2.30 bits per heavy atom. The van der Waals surface area contributed by atoms with Crippen molar-refractivity contribution in [3.8, 4) is 28.7 Å². The van der Waals surface area contributed by atoms with E-state index in [1.807, 2.05) is 25.1 Å². The first-order valence-electron chi connectivity index (χ1n) is 9.04. The van der Waals surface area contributed by atoms with Crippen molar-refractivity contribution in [2.24, 2.45) is 0 Å². The average molecular weight is 413 g/mol. The summed E-state index contributed by atoms with van der Waals surface area (Å²) in [7, 11) is 8.35. The molecular weight excluding hydrogens is 390 g/mol. The molecule has 0 spiro atoms. The minimum absolute atomic E-state index is 0.150. The maximum absolute atomic E-state index is 12.3. The lowest BCUT2D eigenvalue weighted by Gasteiger charge is -2.13. The van der Waals surface area contributed by atoms with E-state index in [9.17, 15) is 4.79 Å². The second-order valence-electron chi connectivity index (χ2n) is 6.44. The molecule has 0 saturated carbocycles. The van der Waals surface area contributed by atoms with E-state index in [1.165, 1.54) is 21.3 Å². The Labute approximate surface area is 174 Å². The number of aromatic nitrogens is 2. The van der Waals surface area contributed by atoms with Gasteiger partial charge in [-0.05, 0) is 30.3 Å². The number of carbonyl (C=O) groups excluding carboxylic acids is 1. The van der Waals surface area contributed by atoms with Crippen LogP contribution in [0, 0.1) is 0 Å². The molecule has 1 aromatic heterocycles. The monoisotopic (exact) mass is 413 g/mol. The van der Waals surface area contributed by atoms with Crippen LogP contribution in [-0.2, 0) is 11.3 Å². The van der Waals surface area contributed by atoms with Crippen molar-refractivity contribution in [3.05, 3.63) is 47.9 Å². The predicted octanol–water partition coefficient (Wildman–Crippen LogP) is 3.19. The molecule has 0 atom stereocenters. The van der Waals surface area contributed by atoms with Gasteiger partial charge in [-0.3, -0.25) is 0 Å². The molecule has 0 amide bonds. The average Bonchev–Trinajstić information content (AvgIpc) is 3.25. The number of rotatable bonds is 8. The van der Waals surface area contributed by atoms with Gasteiger partial charge in [0.15, 0.2) is 18.1 Å². The van der Waals surface area contributed by atoms with E-state index in [4.69, 9.17) is 23.4 Å². The minimum atomic E-state index is -0.480. The van der Waals surface area contributed by atoms with E-state index in [2.05, 4.69) is 10.2 Å². The molecule has 1 heterocycles. The van der Waals surface area contributed by atoms with Crippen molar-refractivity contribution >= 4 is 11.7 Å². The summed E-state index contributed by atoms with van der Waals surface area (Å²) in [5.74, 6) is 1.28. The Kier molecular flexibility index (Phi) is 6.41. The molecule has 0 bridgehead atoms. The second kappa shape index (κ2) is 9.17. The van der Waals surface area contributed by atoms with Gasteiger partial charge in [-0.25, -0.2) is 4.79 Å². The van der Waals surface area contributed by atoms with E-state index in [0.29, 0.717) is 28.4 Å². The standard InChI is InChI=1S/C21H23N3O6/c1-24(2)15-8-6-7-13(9-15)21(25)29-12-18-22-23-20(30-18)14-10-16(26-3)19(28-5)17(11-14)27-4/h6-11H,12H2,1-5H3. The van der Waals surface area contributed by atoms with Crippen molar-refractivity contribution < 1.29 is 28.2 Å². The highest BCUT2D eigenvalue weighted by molar-refractivity contribution is 5.90. The van der Waals surface area contributed by atoms with E-state index in [0.717, 1.165) is 5.69 Å². The Bertz CT molecular complexity index is 1010. The molecule has 0 aliphatic carbocycles. The largest absolute Gasteiger partial charge is 0.493 e. The highest BCUT2D eigenvalue weighted by Crippen LogP contribution is 2.40. The fourth-order valence-electron chi connectivity index (χ4n) is 2.75. The summed E-state index contributed by atoms with van der Waals surface area (Å²) in [5, 5.41) is 7.96. The number of ether oxygens (including phenoxy) is 4. The number of esters is 1. The first-order chi connectivity index (χ1) is 14.5. The molecule has 0 aliphatic rings. The van der Waals surface area contributed by atoms with E-state index >= 15 is 0 Å². The molecule has 0 unspecified atom stereocenters. The van der Waals surface area contributed by atoms with Gasteiger partial charge in [-0.1, -0.05) is 6.07 Å². The summed E-state index contributed by atoms with van der Waals surface area (Å²) in [6.45, 7) is -0.150. The molecular formula is C21H23N3O6. The Hall–Kier alpha value is -3.75. The van der Waals surface area contributed by atoms with Crippen LogP contribution in [0.2, 0.25) is 0 Å². The molecule has 0 aliphatic heterocycles. The van der Waals surface area contributed by atoms with Gasteiger partial charge >= 0.3 is 5.97 Å². The number of anilines is 1. The van der Waals surface area contributed by atoms with E-state index in [-0.39, 0.29) is 18.4 Å². The van der Waals surface area contributed by atoms with Crippen molar-refractivity contribution in [2.75, 3.05) is 40.3 Å². The normalized spacial score (nSPS) is 10.4. The second-order valence-corrected chi connectivity index (χ2v) is 6.44. The lowest BCUT2D eigenvalue weighted by molar-refractivity contribution is 0.0438. The topological polar surface area (TPSA) is 96.2 Å². The molecule has 0 radical (unpaired) electrons. The molecule has 9 heteroatoms. The predicted molar refractivity (Wildman–Crippen MR) is 109 cm³/mol. The summed E-state index contributed by atoms with van der Waals surface area (Å²) in [6.07, 6.45) is 0. The number of hydrogen-bond donors (Lipinski definition) is 0. The van der Waals surface area contributed by atoms with E-state index < -0.39 is 5.97 Å². The van der Waals surface area contributed by atoms with Gasteiger partial charge in [-0.2, -0.15) is 0 Å². The third kappa shape index (κ3) is 4.45. The van der Waals surface area contributed by atoms with Crippen molar-refractivity contribution in [1.29, 1.82) is 0 Å². The van der Waals surface area contributed by atoms with Crippen LogP contribution in [0.25, 0.3) is 11.5 Å². The molecule has 3 aromatic rings. The first kappa shape index (κ1) is 21.0. The molecule has 158 valence electrons. The molecule has 0 N–H and O–H groups in total. The number of carbonyl (C=O) groups is 1. The van der Waals surface area contributed by atoms with Gasteiger partial charge in [0, 0.05) is 25.3 Å². The smallest absolute Gasteiger partial charge is 0.338 e. The van der Waals surface area contributed by atoms with Crippen LogP contribution >= 0.6 is 0 Å². The summed E-state index contributed by atoms with van der Waals surface area (Å²) < 4.78 is 26.9. The third-order valence-electron chi connectivity index (χ3n) is 4.30. The van der Waals surface area contributed by atoms with Crippen LogP contribution in [0.1, 0.15) is 16.2 Å².